The Labute approximate surface area is 87.3 Å². The number of benzene rings is 1. The Hall–Kier alpha value is -0.730. The maximum absolute atomic E-state index is 4.46. The summed E-state index contributed by atoms with van der Waals surface area (Å²) in [6, 6.07) is 8.40. The number of allylic oxidation sites excluding steroid dienone is 1. The van der Waals surface area contributed by atoms with Crippen LogP contribution in [-0.2, 0) is 6.42 Å². The van der Waals surface area contributed by atoms with Gasteiger partial charge in [0.15, 0.2) is 0 Å². The van der Waals surface area contributed by atoms with Gasteiger partial charge in [-0.25, -0.2) is 0 Å². The highest BCUT2D eigenvalue weighted by molar-refractivity contribution is 7.83. The molecule has 1 aromatic carbocycles. The van der Waals surface area contributed by atoms with E-state index in [4.69, 9.17) is 0 Å². The van der Waals surface area contributed by atoms with Crippen LogP contribution >= 0.6 is 24.0 Å². The summed E-state index contributed by atoms with van der Waals surface area (Å²) >= 11 is 6.20. The summed E-state index contributed by atoms with van der Waals surface area (Å²) in [7, 11) is 0. The molecule has 0 amide bonds. The van der Waals surface area contributed by atoms with E-state index in [0.29, 0.717) is 0 Å². The molecule has 66 valence electrons. The second-order valence-electron chi connectivity index (χ2n) is 2.87. The number of hydrogen-bond donors (Lipinski definition) is 1. The molecule has 0 bridgehead atoms. The van der Waals surface area contributed by atoms with E-state index in [2.05, 4.69) is 43.5 Å². The summed E-state index contributed by atoms with van der Waals surface area (Å²) in [6.07, 6.45) is 2.83. The second kappa shape index (κ2) is 3.56. The molecule has 1 heterocycles. The Morgan fingerprint density at radius 1 is 1.38 bits per heavy atom. The monoisotopic (exact) mass is 206 g/mol. The highest BCUT2D eigenvalue weighted by atomic mass is 32.2. The minimum absolute atomic E-state index is 0.906. The zero-order valence-corrected chi connectivity index (χ0v) is 8.87. The largest absolute Gasteiger partial charge is 0.133 e. The summed E-state index contributed by atoms with van der Waals surface area (Å²) in [5, 5.41) is 1.32. The summed E-state index contributed by atoms with van der Waals surface area (Å²) in [5.41, 5.74) is 1.30. The fourth-order valence-corrected chi connectivity index (χ4v) is 2.91. The Bertz CT molecular complexity index is 440. The molecule has 2 rings (SSSR count). The topological polar surface area (TPSA) is 0 Å². The van der Waals surface area contributed by atoms with Crippen molar-refractivity contribution in [1.82, 2.24) is 0 Å². The van der Waals surface area contributed by atoms with E-state index in [1.165, 1.54) is 15.6 Å². The van der Waals surface area contributed by atoms with Gasteiger partial charge in [-0.1, -0.05) is 24.3 Å². The molecule has 13 heavy (non-hydrogen) atoms. The highest BCUT2D eigenvalue weighted by Gasteiger charge is 2.06. The Kier molecular flexibility index (Phi) is 2.42. The summed E-state index contributed by atoms with van der Waals surface area (Å²) in [6.45, 7) is 3.75. The van der Waals surface area contributed by atoms with Gasteiger partial charge in [-0.05, 0) is 23.4 Å². The van der Waals surface area contributed by atoms with Crippen LogP contribution in [0.3, 0.4) is 0 Å². The van der Waals surface area contributed by atoms with Crippen LogP contribution in [-0.4, -0.2) is 0 Å². The lowest BCUT2D eigenvalue weighted by atomic mass is 10.1. The third-order valence-corrected chi connectivity index (χ3v) is 3.58. The van der Waals surface area contributed by atoms with Gasteiger partial charge in [0.05, 0.1) is 4.21 Å². The van der Waals surface area contributed by atoms with Crippen LogP contribution in [0, 0.1) is 0 Å². The van der Waals surface area contributed by atoms with E-state index in [1.807, 2.05) is 6.08 Å². The van der Waals surface area contributed by atoms with E-state index in [9.17, 15) is 0 Å². The normalized spacial score (nSPS) is 10.5. The van der Waals surface area contributed by atoms with Crippen LogP contribution in [0.25, 0.3) is 10.1 Å². The van der Waals surface area contributed by atoms with Gasteiger partial charge < -0.3 is 0 Å². The summed E-state index contributed by atoms with van der Waals surface area (Å²) in [5.74, 6) is 0. The molecule has 0 radical (unpaired) electrons. The molecule has 0 unspecified atom stereocenters. The first-order valence-electron chi connectivity index (χ1n) is 4.13. The molecule has 0 aliphatic rings. The van der Waals surface area contributed by atoms with Crippen molar-refractivity contribution in [2.24, 2.45) is 0 Å². The Balaban J connectivity index is 2.70. The predicted octanol–water partition coefficient (Wildman–Crippen LogP) is 3.92. The second-order valence-corrected chi connectivity index (χ2v) is 4.68. The van der Waals surface area contributed by atoms with Crippen LogP contribution in [0.2, 0.25) is 0 Å². The quantitative estimate of drug-likeness (QED) is 0.559. The van der Waals surface area contributed by atoms with Crippen LogP contribution < -0.4 is 0 Å². The third-order valence-electron chi connectivity index (χ3n) is 2.03. The van der Waals surface area contributed by atoms with Crippen molar-refractivity contribution in [1.29, 1.82) is 0 Å². The first kappa shape index (κ1) is 8.85. The Morgan fingerprint density at radius 3 is 2.92 bits per heavy atom. The molecule has 0 nitrogen and oxygen atoms in total. The van der Waals surface area contributed by atoms with Crippen molar-refractivity contribution in [3.05, 3.63) is 42.5 Å². The van der Waals surface area contributed by atoms with E-state index < -0.39 is 0 Å². The lowest BCUT2D eigenvalue weighted by Gasteiger charge is -1.94. The molecule has 0 spiro atoms. The molecule has 2 aromatic rings. The first-order valence-corrected chi connectivity index (χ1v) is 5.39. The van der Waals surface area contributed by atoms with Gasteiger partial charge in [0.2, 0.25) is 0 Å². The number of fused-ring (bicyclic) bond motifs is 1. The molecule has 0 N–H and O–H groups in total. The lowest BCUT2D eigenvalue weighted by molar-refractivity contribution is 1.27. The average molecular weight is 206 g/mol. The van der Waals surface area contributed by atoms with Gasteiger partial charge in [0.1, 0.15) is 0 Å². The molecular weight excluding hydrogens is 196 g/mol. The third kappa shape index (κ3) is 1.52. The lowest BCUT2D eigenvalue weighted by Crippen LogP contribution is -1.77. The van der Waals surface area contributed by atoms with Crippen LogP contribution in [0.4, 0.5) is 0 Å². The van der Waals surface area contributed by atoms with E-state index in [-0.39, 0.29) is 0 Å². The van der Waals surface area contributed by atoms with E-state index in [0.717, 1.165) is 10.6 Å². The highest BCUT2D eigenvalue weighted by Crippen LogP contribution is 2.33. The average Bonchev–Trinajstić information content (AvgIpc) is 2.44. The minimum Gasteiger partial charge on any atom is -0.133 e. The number of thiophene rings is 1. The van der Waals surface area contributed by atoms with Gasteiger partial charge >= 0.3 is 0 Å². The molecule has 0 aliphatic heterocycles. The fraction of sp³-hybridized carbons (Fsp3) is 0.0909. The molecular formula is C11H10S2. The molecule has 0 atom stereocenters. The predicted molar refractivity (Wildman–Crippen MR) is 63.0 cm³/mol. The number of thiol groups is 1. The van der Waals surface area contributed by atoms with Crippen molar-refractivity contribution in [2.45, 2.75) is 10.6 Å². The van der Waals surface area contributed by atoms with Crippen LogP contribution in [0.1, 0.15) is 5.56 Å². The van der Waals surface area contributed by atoms with Crippen molar-refractivity contribution in [3.63, 3.8) is 0 Å². The molecule has 1 aromatic heterocycles. The fourth-order valence-electron chi connectivity index (χ4n) is 1.43. The van der Waals surface area contributed by atoms with Crippen molar-refractivity contribution in [3.8, 4) is 0 Å². The molecule has 0 saturated heterocycles. The minimum atomic E-state index is 0.906. The van der Waals surface area contributed by atoms with Gasteiger partial charge in [0, 0.05) is 4.70 Å². The van der Waals surface area contributed by atoms with E-state index in [1.54, 1.807) is 11.3 Å². The standard InChI is InChI=1S/C11H10S2/c1-2-5-9-8-6-3-4-7-10(8)13-11(9)12/h2-4,6-7,12H,1,5H2. The zero-order chi connectivity index (χ0) is 9.26. The maximum atomic E-state index is 4.46. The van der Waals surface area contributed by atoms with Crippen molar-refractivity contribution in [2.75, 3.05) is 0 Å². The SMILES string of the molecule is C=CCc1c(S)sc2ccccc12. The summed E-state index contributed by atoms with van der Waals surface area (Å²) < 4.78 is 2.42. The molecule has 0 aliphatic carbocycles. The van der Waals surface area contributed by atoms with Crippen LogP contribution in [0.15, 0.2) is 41.1 Å². The van der Waals surface area contributed by atoms with Gasteiger partial charge in [-0.3, -0.25) is 0 Å². The first-order chi connectivity index (χ1) is 6.33. The summed E-state index contributed by atoms with van der Waals surface area (Å²) in [4.78, 5) is 0. The van der Waals surface area contributed by atoms with Crippen molar-refractivity contribution >= 4 is 34.1 Å². The van der Waals surface area contributed by atoms with E-state index >= 15 is 0 Å². The smallest absolute Gasteiger partial charge is 0.0615 e. The molecule has 0 saturated carbocycles. The van der Waals surface area contributed by atoms with Gasteiger partial charge in [-0.15, -0.1) is 30.5 Å². The number of rotatable bonds is 2. The van der Waals surface area contributed by atoms with Gasteiger partial charge in [0.25, 0.3) is 0 Å². The van der Waals surface area contributed by atoms with Crippen molar-refractivity contribution < 1.29 is 0 Å². The Morgan fingerprint density at radius 2 is 2.15 bits per heavy atom. The molecule has 0 fully saturated rings. The zero-order valence-electron chi connectivity index (χ0n) is 7.16. The maximum Gasteiger partial charge on any atom is 0.0615 e. The van der Waals surface area contributed by atoms with Crippen LogP contribution in [0.5, 0.6) is 0 Å². The van der Waals surface area contributed by atoms with Gasteiger partial charge in [-0.2, -0.15) is 0 Å². The number of hydrogen-bond acceptors (Lipinski definition) is 2. The molecule has 2 heteroatoms.